The van der Waals surface area contributed by atoms with Crippen molar-refractivity contribution in [3.63, 3.8) is 0 Å². The highest BCUT2D eigenvalue weighted by atomic mass is 16.3. The van der Waals surface area contributed by atoms with Crippen molar-refractivity contribution >= 4 is 90.2 Å². The summed E-state index contributed by atoms with van der Waals surface area (Å²) in [6.07, 6.45) is 0. The Labute approximate surface area is 314 Å². The molecule has 0 N–H and O–H groups in total. The SMILES string of the molecule is Cc1cc2c3c(c1)N1c4c(cccc4-n4c5ccccc5c5cccc1c54)B3c1oc3ccc(-c4ccccc4)cc3c1N2c1ccc(C(C)(C)C)cc1. The number of hydrogen-bond acceptors (Lipinski definition) is 3. The van der Waals surface area contributed by atoms with Gasteiger partial charge in [-0.1, -0.05) is 112 Å². The molecular weight excluding hydrogens is 657 g/mol. The van der Waals surface area contributed by atoms with E-state index >= 15 is 0 Å². The molecule has 0 saturated carbocycles. The highest BCUT2D eigenvalue weighted by Crippen LogP contribution is 2.53. The zero-order valence-corrected chi connectivity index (χ0v) is 30.7. The van der Waals surface area contributed by atoms with Crippen LogP contribution in [-0.2, 0) is 5.41 Å². The average molecular weight is 694 g/mol. The van der Waals surface area contributed by atoms with Crippen LogP contribution >= 0.6 is 0 Å². The standard InChI is InChI=1S/C49H36BN3O/c1-29-26-41-44-42(27-29)53-39-18-10-15-35-34-14-8-9-17-38(34)52(45(35)39)40-19-11-16-37(47(40)53)50(44)48-46(51(41)33-23-21-32(22-24-33)49(2,3)4)36-28-31(20-25-43(36)54-48)30-12-6-5-7-13-30/h5-28H,1-4H3. The molecule has 0 unspecified atom stereocenters. The third-order valence-corrected chi connectivity index (χ3v) is 12.1. The first-order chi connectivity index (χ1) is 26.3. The van der Waals surface area contributed by atoms with E-state index in [-0.39, 0.29) is 12.1 Å². The van der Waals surface area contributed by atoms with Crippen LogP contribution in [0.2, 0.25) is 0 Å². The summed E-state index contributed by atoms with van der Waals surface area (Å²) in [5, 5.41) is 3.67. The molecule has 12 rings (SSSR count). The van der Waals surface area contributed by atoms with E-state index in [2.05, 4.69) is 188 Å². The van der Waals surface area contributed by atoms with E-state index in [4.69, 9.17) is 4.42 Å². The average Bonchev–Trinajstić information content (AvgIpc) is 3.74. The molecule has 0 radical (unpaired) electrons. The molecule has 54 heavy (non-hydrogen) atoms. The first kappa shape index (κ1) is 30.1. The number of para-hydroxylation sites is 3. The molecule has 2 aromatic heterocycles. The van der Waals surface area contributed by atoms with Gasteiger partial charge < -0.3 is 18.8 Å². The number of hydrogen-bond donors (Lipinski definition) is 0. The lowest BCUT2D eigenvalue weighted by molar-refractivity contribution is 0.590. The molecule has 0 bridgehead atoms. The van der Waals surface area contributed by atoms with Crippen molar-refractivity contribution in [3.8, 4) is 16.8 Å². The normalized spacial score (nSPS) is 13.8. The minimum Gasteiger partial charge on any atom is -0.468 e. The fourth-order valence-corrected chi connectivity index (χ4v) is 9.70. The maximum Gasteiger partial charge on any atom is 0.297 e. The van der Waals surface area contributed by atoms with Gasteiger partial charge in [0.05, 0.1) is 39.4 Å². The van der Waals surface area contributed by atoms with Crippen LogP contribution < -0.4 is 26.4 Å². The Balaban J connectivity index is 1.21. The monoisotopic (exact) mass is 693 g/mol. The smallest absolute Gasteiger partial charge is 0.297 e. The summed E-state index contributed by atoms with van der Waals surface area (Å²) in [6.45, 7) is 8.98. The molecule has 3 aliphatic heterocycles. The Bertz CT molecular complexity index is 3060. The predicted octanol–water partition coefficient (Wildman–Crippen LogP) is 11.2. The topological polar surface area (TPSA) is 24.6 Å². The van der Waals surface area contributed by atoms with Crippen molar-refractivity contribution in [2.75, 3.05) is 9.80 Å². The van der Waals surface area contributed by atoms with E-state index in [9.17, 15) is 0 Å². The first-order valence-electron chi connectivity index (χ1n) is 19.0. The van der Waals surface area contributed by atoms with Crippen LogP contribution in [0.3, 0.4) is 0 Å². The lowest BCUT2D eigenvalue weighted by Gasteiger charge is -2.45. The van der Waals surface area contributed by atoms with E-state index < -0.39 is 0 Å². The fraction of sp³-hybridized carbons (Fsp3) is 0.102. The quantitative estimate of drug-likeness (QED) is 0.169. The number of nitrogens with zero attached hydrogens (tertiary/aromatic N) is 3. The summed E-state index contributed by atoms with van der Waals surface area (Å²) in [5.41, 5.74) is 20.2. The van der Waals surface area contributed by atoms with E-state index in [1.165, 1.54) is 83.4 Å². The van der Waals surface area contributed by atoms with Crippen molar-refractivity contribution in [1.82, 2.24) is 4.57 Å². The molecule has 7 aromatic carbocycles. The minimum absolute atomic E-state index is 0.0469. The van der Waals surface area contributed by atoms with Crippen LogP contribution in [0.1, 0.15) is 31.9 Å². The van der Waals surface area contributed by atoms with Gasteiger partial charge in [-0.2, -0.15) is 0 Å². The molecule has 3 aliphatic rings. The van der Waals surface area contributed by atoms with Gasteiger partial charge in [-0.25, -0.2) is 0 Å². The van der Waals surface area contributed by atoms with Gasteiger partial charge in [-0.15, -0.1) is 0 Å². The summed E-state index contributed by atoms with van der Waals surface area (Å²) in [4.78, 5) is 5.04. The van der Waals surface area contributed by atoms with Gasteiger partial charge in [0.25, 0.3) is 6.71 Å². The third-order valence-electron chi connectivity index (χ3n) is 12.1. The summed E-state index contributed by atoms with van der Waals surface area (Å²) in [7, 11) is 0. The van der Waals surface area contributed by atoms with Crippen LogP contribution in [0.5, 0.6) is 0 Å². The van der Waals surface area contributed by atoms with Crippen molar-refractivity contribution < 1.29 is 4.42 Å². The zero-order chi connectivity index (χ0) is 36.0. The van der Waals surface area contributed by atoms with Gasteiger partial charge >= 0.3 is 0 Å². The number of aromatic nitrogens is 1. The van der Waals surface area contributed by atoms with E-state index in [1.54, 1.807) is 0 Å². The number of benzene rings is 7. The Morgan fingerprint density at radius 3 is 2.09 bits per heavy atom. The van der Waals surface area contributed by atoms with Crippen molar-refractivity contribution in [3.05, 3.63) is 157 Å². The van der Waals surface area contributed by atoms with Crippen LogP contribution in [-0.4, -0.2) is 11.3 Å². The maximum absolute atomic E-state index is 7.19. The second kappa shape index (κ2) is 10.4. The van der Waals surface area contributed by atoms with Crippen LogP contribution in [0, 0.1) is 6.92 Å². The number of anilines is 6. The van der Waals surface area contributed by atoms with Crippen molar-refractivity contribution in [2.45, 2.75) is 33.1 Å². The van der Waals surface area contributed by atoms with Gasteiger partial charge in [0.1, 0.15) is 5.58 Å². The Morgan fingerprint density at radius 2 is 1.28 bits per heavy atom. The molecule has 9 aromatic rings. The van der Waals surface area contributed by atoms with Gasteiger partial charge in [-0.05, 0) is 100 Å². The van der Waals surface area contributed by atoms with Crippen LogP contribution in [0.4, 0.5) is 34.1 Å². The van der Waals surface area contributed by atoms with Gasteiger partial charge in [0.15, 0.2) is 0 Å². The molecule has 0 spiro atoms. The van der Waals surface area contributed by atoms with Gasteiger partial charge in [0, 0.05) is 33.2 Å². The number of rotatable bonds is 2. The largest absolute Gasteiger partial charge is 0.468 e. The van der Waals surface area contributed by atoms with Gasteiger partial charge in [-0.3, -0.25) is 0 Å². The predicted molar refractivity (Wildman–Crippen MR) is 227 cm³/mol. The van der Waals surface area contributed by atoms with Crippen molar-refractivity contribution in [2.24, 2.45) is 0 Å². The number of furan rings is 1. The molecule has 0 amide bonds. The molecule has 5 heterocycles. The highest BCUT2D eigenvalue weighted by Gasteiger charge is 2.48. The number of aryl methyl sites for hydroxylation is 1. The molecule has 0 atom stereocenters. The zero-order valence-electron chi connectivity index (χ0n) is 30.7. The Hall–Kier alpha value is -6.46. The second-order valence-corrected chi connectivity index (χ2v) is 16.3. The molecule has 0 fully saturated rings. The fourth-order valence-electron chi connectivity index (χ4n) is 9.70. The third kappa shape index (κ3) is 3.83. The molecule has 0 aliphatic carbocycles. The number of fused-ring (bicyclic) bond motifs is 11. The molecule has 4 nitrogen and oxygen atoms in total. The summed E-state index contributed by atoms with van der Waals surface area (Å²) in [5.74, 6) is 0. The summed E-state index contributed by atoms with van der Waals surface area (Å²) < 4.78 is 9.68. The molecular formula is C49H36BN3O. The van der Waals surface area contributed by atoms with E-state index in [0.29, 0.717) is 0 Å². The Kier molecular flexibility index (Phi) is 5.76. The van der Waals surface area contributed by atoms with Crippen LogP contribution in [0.25, 0.3) is 49.6 Å². The maximum atomic E-state index is 7.19. The van der Waals surface area contributed by atoms with Gasteiger partial charge in [0.2, 0.25) is 0 Å². The molecule has 5 heteroatoms. The molecule has 0 saturated heterocycles. The molecule has 256 valence electrons. The minimum atomic E-state index is -0.1000. The van der Waals surface area contributed by atoms with E-state index in [1.807, 2.05) is 0 Å². The lowest BCUT2D eigenvalue weighted by Crippen LogP contribution is -2.61. The Morgan fingerprint density at radius 1 is 0.556 bits per heavy atom. The van der Waals surface area contributed by atoms with E-state index in [0.717, 1.165) is 28.0 Å². The first-order valence-corrected chi connectivity index (χ1v) is 19.0. The summed E-state index contributed by atoms with van der Waals surface area (Å²) in [6, 6.07) is 53.9. The van der Waals surface area contributed by atoms with Crippen molar-refractivity contribution in [1.29, 1.82) is 0 Å². The highest BCUT2D eigenvalue weighted by molar-refractivity contribution is 7.00. The lowest BCUT2D eigenvalue weighted by atomic mass is 9.35. The second-order valence-electron chi connectivity index (χ2n) is 16.3. The summed E-state index contributed by atoms with van der Waals surface area (Å²) >= 11 is 0. The van der Waals surface area contributed by atoms with Crippen LogP contribution in [0.15, 0.2) is 150 Å².